The summed E-state index contributed by atoms with van der Waals surface area (Å²) in [6.07, 6.45) is 0. The van der Waals surface area contributed by atoms with Gasteiger partial charge in [0.15, 0.2) is 11.0 Å². The molecule has 1 heterocycles. The van der Waals surface area contributed by atoms with Crippen molar-refractivity contribution in [2.24, 2.45) is 0 Å². The molecule has 0 aliphatic carbocycles. The van der Waals surface area contributed by atoms with Crippen molar-refractivity contribution in [2.75, 3.05) is 5.75 Å². The molecule has 4 aromatic carbocycles. The number of carbonyl (C=O) groups excluding carboxylic acids is 1. The Bertz CT molecular complexity index is 1450. The minimum absolute atomic E-state index is 0.0924. The molecule has 184 valence electrons. The third-order valence-corrected chi connectivity index (χ3v) is 7.32. The van der Waals surface area contributed by atoms with Crippen molar-refractivity contribution in [2.45, 2.75) is 18.1 Å². The molecule has 37 heavy (non-hydrogen) atoms. The highest BCUT2D eigenvalue weighted by molar-refractivity contribution is 7.99. The lowest BCUT2D eigenvalue weighted by molar-refractivity contribution is -0.119. The first kappa shape index (κ1) is 24.8. The van der Waals surface area contributed by atoms with Crippen LogP contribution in [-0.2, 0) is 4.79 Å². The highest BCUT2D eigenvalue weighted by Crippen LogP contribution is 2.30. The summed E-state index contributed by atoms with van der Waals surface area (Å²) in [5.41, 5.74) is 4.81. The van der Waals surface area contributed by atoms with E-state index in [0.717, 1.165) is 27.9 Å². The summed E-state index contributed by atoms with van der Waals surface area (Å²) < 4.78 is 1.96. The Morgan fingerprint density at radius 3 is 2.05 bits per heavy atom. The maximum atomic E-state index is 13.2. The van der Waals surface area contributed by atoms with E-state index in [1.54, 1.807) is 0 Å². The normalized spacial score (nSPS) is 11.0. The Kier molecular flexibility index (Phi) is 7.68. The zero-order valence-corrected chi connectivity index (χ0v) is 21.8. The summed E-state index contributed by atoms with van der Waals surface area (Å²) in [7, 11) is 0. The average Bonchev–Trinajstić information content (AvgIpc) is 3.37. The zero-order valence-electron chi connectivity index (χ0n) is 20.2. The Morgan fingerprint density at radius 2 is 1.46 bits per heavy atom. The number of carbonyl (C=O) groups is 1. The SMILES string of the molecule is Cc1ccc(-c2nnc(SCC(=O)NC(c3ccccc3)c3ccccc3)n2-c2ccccc2)cc1Cl. The van der Waals surface area contributed by atoms with Crippen LogP contribution in [0.4, 0.5) is 0 Å². The smallest absolute Gasteiger partial charge is 0.231 e. The van der Waals surface area contributed by atoms with Crippen molar-refractivity contribution in [3.8, 4) is 17.1 Å². The van der Waals surface area contributed by atoms with E-state index in [-0.39, 0.29) is 17.7 Å². The highest BCUT2D eigenvalue weighted by Gasteiger charge is 2.20. The first-order valence-electron chi connectivity index (χ1n) is 11.9. The summed E-state index contributed by atoms with van der Waals surface area (Å²) >= 11 is 7.76. The van der Waals surface area contributed by atoms with E-state index in [9.17, 15) is 4.79 Å². The lowest BCUT2D eigenvalue weighted by Gasteiger charge is -2.20. The number of hydrogen-bond acceptors (Lipinski definition) is 4. The number of aryl methyl sites for hydroxylation is 1. The third kappa shape index (κ3) is 5.77. The van der Waals surface area contributed by atoms with Crippen molar-refractivity contribution in [3.63, 3.8) is 0 Å². The number of hydrogen-bond donors (Lipinski definition) is 1. The lowest BCUT2D eigenvalue weighted by Crippen LogP contribution is -2.30. The number of benzene rings is 4. The Balaban J connectivity index is 1.40. The minimum Gasteiger partial charge on any atom is -0.344 e. The van der Waals surface area contributed by atoms with Crippen LogP contribution in [0.15, 0.2) is 114 Å². The molecule has 0 saturated carbocycles. The monoisotopic (exact) mass is 524 g/mol. The fraction of sp³-hybridized carbons (Fsp3) is 0.100. The number of halogens is 1. The van der Waals surface area contributed by atoms with Gasteiger partial charge in [0, 0.05) is 16.3 Å². The van der Waals surface area contributed by atoms with Gasteiger partial charge in [-0.3, -0.25) is 9.36 Å². The molecule has 0 aliphatic rings. The number of nitrogens with zero attached hydrogens (tertiary/aromatic N) is 3. The predicted octanol–water partition coefficient (Wildman–Crippen LogP) is 6.89. The number of rotatable bonds is 8. The number of amides is 1. The standard InChI is InChI=1S/C30H25ClN4OS/c1-21-17-18-24(19-26(21)31)29-33-34-30(35(29)25-15-9-4-10-16-25)37-20-27(36)32-28(22-11-5-2-6-12-22)23-13-7-3-8-14-23/h2-19,28H,20H2,1H3,(H,32,36). The van der Waals surface area contributed by atoms with Crippen molar-refractivity contribution >= 4 is 29.3 Å². The molecule has 0 spiro atoms. The van der Waals surface area contributed by atoms with Gasteiger partial charge < -0.3 is 5.32 Å². The fourth-order valence-corrected chi connectivity index (χ4v) is 5.02. The van der Waals surface area contributed by atoms with Crippen molar-refractivity contribution in [1.29, 1.82) is 0 Å². The molecule has 5 rings (SSSR count). The van der Waals surface area contributed by atoms with E-state index in [1.165, 1.54) is 11.8 Å². The quantitative estimate of drug-likeness (QED) is 0.224. The van der Waals surface area contributed by atoms with Gasteiger partial charge in [0.1, 0.15) is 0 Å². The number of nitrogens with one attached hydrogen (secondary N) is 1. The van der Waals surface area contributed by atoms with Crippen LogP contribution >= 0.6 is 23.4 Å². The Morgan fingerprint density at radius 1 is 0.865 bits per heavy atom. The molecule has 0 saturated heterocycles. The van der Waals surface area contributed by atoms with E-state index in [4.69, 9.17) is 11.6 Å². The van der Waals surface area contributed by atoms with Crippen LogP contribution in [0.2, 0.25) is 5.02 Å². The van der Waals surface area contributed by atoms with Gasteiger partial charge in [0.05, 0.1) is 11.8 Å². The Hall–Kier alpha value is -3.87. The van der Waals surface area contributed by atoms with Gasteiger partial charge in [-0.15, -0.1) is 10.2 Å². The maximum Gasteiger partial charge on any atom is 0.231 e. The van der Waals surface area contributed by atoms with Crippen LogP contribution in [0, 0.1) is 6.92 Å². The van der Waals surface area contributed by atoms with Crippen molar-refractivity contribution < 1.29 is 4.79 Å². The van der Waals surface area contributed by atoms with E-state index in [2.05, 4.69) is 15.5 Å². The molecule has 1 aromatic heterocycles. The van der Waals surface area contributed by atoms with Gasteiger partial charge in [-0.1, -0.05) is 114 Å². The van der Waals surface area contributed by atoms with E-state index >= 15 is 0 Å². The van der Waals surface area contributed by atoms with Gasteiger partial charge >= 0.3 is 0 Å². The second-order valence-electron chi connectivity index (χ2n) is 8.55. The topological polar surface area (TPSA) is 59.8 Å². The molecule has 0 aliphatic heterocycles. The first-order valence-corrected chi connectivity index (χ1v) is 13.3. The van der Waals surface area contributed by atoms with Gasteiger partial charge in [-0.25, -0.2) is 0 Å². The van der Waals surface area contributed by atoms with E-state index in [1.807, 2.05) is 121 Å². The van der Waals surface area contributed by atoms with Crippen LogP contribution < -0.4 is 5.32 Å². The van der Waals surface area contributed by atoms with Crippen molar-refractivity contribution in [3.05, 3.63) is 131 Å². The molecule has 5 nitrogen and oxygen atoms in total. The Labute approximate surface area is 225 Å². The fourth-order valence-electron chi connectivity index (χ4n) is 4.08. The van der Waals surface area contributed by atoms with Gasteiger partial charge in [-0.05, 0) is 41.8 Å². The average molecular weight is 525 g/mol. The molecule has 1 N–H and O–H groups in total. The van der Waals surface area contributed by atoms with Crippen molar-refractivity contribution in [1.82, 2.24) is 20.1 Å². The molecule has 0 atom stereocenters. The number of aromatic nitrogens is 3. The zero-order chi connectivity index (χ0) is 25.6. The first-order chi connectivity index (χ1) is 18.1. The van der Waals surface area contributed by atoms with Gasteiger partial charge in [0.2, 0.25) is 5.91 Å². The molecular formula is C30H25ClN4OS. The molecule has 1 amide bonds. The molecular weight excluding hydrogens is 500 g/mol. The van der Waals surface area contributed by atoms with Crippen LogP contribution in [0.1, 0.15) is 22.7 Å². The van der Waals surface area contributed by atoms with E-state index in [0.29, 0.717) is 16.0 Å². The third-order valence-electron chi connectivity index (χ3n) is 5.98. The molecule has 0 fully saturated rings. The summed E-state index contributed by atoms with van der Waals surface area (Å²) in [5.74, 6) is 0.767. The number of para-hydroxylation sites is 1. The van der Waals surface area contributed by atoms with Gasteiger partial charge in [0.25, 0.3) is 0 Å². The summed E-state index contributed by atoms with van der Waals surface area (Å²) in [6.45, 7) is 1.96. The maximum absolute atomic E-state index is 13.2. The number of thioether (sulfide) groups is 1. The lowest BCUT2D eigenvalue weighted by atomic mass is 9.99. The molecule has 0 unspecified atom stereocenters. The van der Waals surface area contributed by atoms with Crippen LogP contribution in [0.5, 0.6) is 0 Å². The summed E-state index contributed by atoms with van der Waals surface area (Å²) in [4.78, 5) is 13.2. The second kappa shape index (κ2) is 11.5. The molecule has 7 heteroatoms. The molecule has 5 aromatic rings. The van der Waals surface area contributed by atoms with Crippen LogP contribution in [-0.4, -0.2) is 26.4 Å². The van der Waals surface area contributed by atoms with E-state index < -0.39 is 0 Å². The summed E-state index contributed by atoms with van der Waals surface area (Å²) in [6, 6.07) is 35.4. The molecule has 0 radical (unpaired) electrons. The van der Waals surface area contributed by atoms with Gasteiger partial charge in [-0.2, -0.15) is 0 Å². The van der Waals surface area contributed by atoms with Crippen LogP contribution in [0.3, 0.4) is 0 Å². The minimum atomic E-state index is -0.243. The second-order valence-corrected chi connectivity index (χ2v) is 9.90. The predicted molar refractivity (Wildman–Crippen MR) is 150 cm³/mol. The highest BCUT2D eigenvalue weighted by atomic mass is 35.5. The van der Waals surface area contributed by atoms with Crippen LogP contribution in [0.25, 0.3) is 17.1 Å². The molecule has 0 bridgehead atoms. The largest absolute Gasteiger partial charge is 0.344 e. The summed E-state index contributed by atoms with van der Waals surface area (Å²) in [5, 5.41) is 13.4.